The lowest BCUT2D eigenvalue weighted by molar-refractivity contribution is -0.137. The van der Waals surface area contributed by atoms with Crippen LogP contribution in [-0.4, -0.2) is 12.6 Å². The molecule has 0 spiro atoms. The van der Waals surface area contributed by atoms with Crippen molar-refractivity contribution in [1.82, 2.24) is 0 Å². The van der Waals surface area contributed by atoms with Crippen molar-refractivity contribution in [3.8, 4) is 0 Å². The number of hydrogen-bond acceptors (Lipinski definition) is 2. The smallest absolute Gasteiger partial charge is 0.330 e. The van der Waals surface area contributed by atoms with Gasteiger partial charge in [-0.25, -0.2) is 4.79 Å². The number of unbranched alkanes of at least 4 members (excludes halogenated alkanes) is 2. The summed E-state index contributed by atoms with van der Waals surface area (Å²) in [6, 6.07) is 0. The molecule has 0 N–H and O–H groups in total. The fourth-order valence-corrected chi connectivity index (χ4v) is 0.950. The minimum atomic E-state index is -0.294. The highest BCUT2D eigenvalue weighted by Crippen LogP contribution is 1.94. The van der Waals surface area contributed by atoms with Gasteiger partial charge in [0, 0.05) is 6.08 Å². The van der Waals surface area contributed by atoms with Gasteiger partial charge in [0.1, 0.15) is 0 Å². The molecule has 0 saturated heterocycles. The molecule has 0 aliphatic rings. The van der Waals surface area contributed by atoms with Crippen LogP contribution in [0.3, 0.4) is 0 Å². The molecule has 0 atom stereocenters. The van der Waals surface area contributed by atoms with E-state index in [1.54, 1.807) is 13.0 Å². The van der Waals surface area contributed by atoms with E-state index >= 15 is 0 Å². The number of allylic oxidation sites excluding steroid dienone is 5. The lowest BCUT2D eigenvalue weighted by atomic mass is 10.2. The zero-order chi connectivity index (χ0) is 11.4. The van der Waals surface area contributed by atoms with E-state index in [9.17, 15) is 4.79 Å². The van der Waals surface area contributed by atoms with Crippen molar-refractivity contribution in [2.75, 3.05) is 6.61 Å². The van der Waals surface area contributed by atoms with Gasteiger partial charge in [-0.05, 0) is 13.3 Å². The SMILES string of the molecule is CCCC/C=C/C=C/C=C/C(=O)OCC. The number of ether oxygens (including phenoxy) is 1. The second-order valence-corrected chi connectivity index (χ2v) is 3.07. The third kappa shape index (κ3) is 10.6. The third-order valence-corrected chi connectivity index (χ3v) is 1.71. The van der Waals surface area contributed by atoms with E-state index in [2.05, 4.69) is 13.0 Å². The highest BCUT2D eigenvalue weighted by atomic mass is 16.5. The van der Waals surface area contributed by atoms with Crippen molar-refractivity contribution in [1.29, 1.82) is 0 Å². The van der Waals surface area contributed by atoms with Crippen LogP contribution >= 0.6 is 0 Å². The summed E-state index contributed by atoms with van der Waals surface area (Å²) >= 11 is 0. The average Bonchev–Trinajstić information content (AvgIpc) is 2.22. The molecule has 2 heteroatoms. The summed E-state index contributed by atoms with van der Waals surface area (Å²) in [5.74, 6) is -0.294. The summed E-state index contributed by atoms with van der Waals surface area (Å²) < 4.78 is 4.72. The summed E-state index contributed by atoms with van der Waals surface area (Å²) in [6.07, 6.45) is 14.5. The van der Waals surface area contributed by atoms with E-state index in [1.165, 1.54) is 18.9 Å². The Hall–Kier alpha value is -1.31. The van der Waals surface area contributed by atoms with E-state index in [0.29, 0.717) is 6.61 Å². The number of esters is 1. The number of rotatable bonds is 7. The molecule has 2 nitrogen and oxygen atoms in total. The first kappa shape index (κ1) is 13.7. The van der Waals surface area contributed by atoms with Crippen LogP contribution in [0, 0.1) is 0 Å². The quantitative estimate of drug-likeness (QED) is 0.277. The Morgan fingerprint density at radius 3 is 2.53 bits per heavy atom. The minimum Gasteiger partial charge on any atom is -0.463 e. The Balaban J connectivity index is 3.60. The molecule has 0 aromatic carbocycles. The molecule has 0 saturated carbocycles. The van der Waals surface area contributed by atoms with Gasteiger partial charge in [0.2, 0.25) is 0 Å². The fraction of sp³-hybridized carbons (Fsp3) is 0.462. The summed E-state index contributed by atoms with van der Waals surface area (Å²) in [5, 5.41) is 0. The van der Waals surface area contributed by atoms with Crippen LogP contribution < -0.4 is 0 Å². The van der Waals surface area contributed by atoms with Gasteiger partial charge in [0.25, 0.3) is 0 Å². The maximum absolute atomic E-state index is 10.9. The van der Waals surface area contributed by atoms with Gasteiger partial charge in [-0.1, -0.05) is 50.1 Å². The second-order valence-electron chi connectivity index (χ2n) is 3.07. The van der Waals surface area contributed by atoms with Crippen molar-refractivity contribution < 1.29 is 9.53 Å². The molecule has 0 aromatic heterocycles. The van der Waals surface area contributed by atoms with Crippen LogP contribution in [0.1, 0.15) is 33.1 Å². The Morgan fingerprint density at radius 1 is 1.13 bits per heavy atom. The molecule has 0 rings (SSSR count). The van der Waals surface area contributed by atoms with Crippen LogP contribution in [0.4, 0.5) is 0 Å². The van der Waals surface area contributed by atoms with Gasteiger partial charge in [-0.15, -0.1) is 0 Å². The monoisotopic (exact) mass is 208 g/mol. The molecule has 0 aromatic rings. The molecule has 0 unspecified atom stereocenters. The predicted octanol–water partition coefficient (Wildman–Crippen LogP) is 3.41. The largest absolute Gasteiger partial charge is 0.463 e. The normalized spacial score (nSPS) is 11.9. The molecule has 0 aliphatic carbocycles. The highest BCUT2D eigenvalue weighted by Gasteiger charge is 1.89. The number of carbonyl (C=O) groups excluding carboxylic acids is 1. The Morgan fingerprint density at radius 2 is 1.87 bits per heavy atom. The first-order valence-electron chi connectivity index (χ1n) is 5.47. The molecule has 0 radical (unpaired) electrons. The summed E-state index contributed by atoms with van der Waals surface area (Å²) in [4.78, 5) is 10.9. The summed E-state index contributed by atoms with van der Waals surface area (Å²) in [5.41, 5.74) is 0. The Kier molecular flexibility index (Phi) is 9.83. The topological polar surface area (TPSA) is 26.3 Å². The van der Waals surface area contributed by atoms with Gasteiger partial charge in [-0.3, -0.25) is 0 Å². The second kappa shape index (κ2) is 10.8. The van der Waals surface area contributed by atoms with E-state index in [1.807, 2.05) is 18.2 Å². The molecular formula is C13H20O2. The molecule has 0 amide bonds. The predicted molar refractivity (Wildman–Crippen MR) is 63.6 cm³/mol. The lowest BCUT2D eigenvalue weighted by Crippen LogP contribution is -1.98. The molecule has 0 heterocycles. The van der Waals surface area contributed by atoms with Crippen LogP contribution in [0.25, 0.3) is 0 Å². The maximum Gasteiger partial charge on any atom is 0.330 e. The standard InChI is InChI=1S/C13H20O2/c1-3-5-6-7-8-9-10-11-12-13(14)15-4-2/h7-12H,3-6H2,1-2H3/b8-7+,10-9+,12-11+. The van der Waals surface area contributed by atoms with E-state index in [0.717, 1.165) is 6.42 Å². The lowest BCUT2D eigenvalue weighted by Gasteiger charge is -1.92. The van der Waals surface area contributed by atoms with Gasteiger partial charge in [-0.2, -0.15) is 0 Å². The van der Waals surface area contributed by atoms with Gasteiger partial charge >= 0.3 is 5.97 Å². The molecule has 15 heavy (non-hydrogen) atoms. The van der Waals surface area contributed by atoms with Crippen molar-refractivity contribution in [3.63, 3.8) is 0 Å². The van der Waals surface area contributed by atoms with Gasteiger partial charge in [0.15, 0.2) is 0 Å². The third-order valence-electron chi connectivity index (χ3n) is 1.71. The zero-order valence-electron chi connectivity index (χ0n) is 9.61. The van der Waals surface area contributed by atoms with E-state index in [4.69, 9.17) is 4.74 Å². The number of hydrogen-bond donors (Lipinski definition) is 0. The van der Waals surface area contributed by atoms with Gasteiger partial charge in [0.05, 0.1) is 6.61 Å². The first-order chi connectivity index (χ1) is 7.31. The minimum absolute atomic E-state index is 0.294. The van der Waals surface area contributed by atoms with Crippen LogP contribution in [0.2, 0.25) is 0 Å². The zero-order valence-corrected chi connectivity index (χ0v) is 9.61. The van der Waals surface area contributed by atoms with Crippen molar-refractivity contribution in [3.05, 3.63) is 36.5 Å². The molecule has 0 aliphatic heterocycles. The van der Waals surface area contributed by atoms with Crippen LogP contribution in [-0.2, 0) is 9.53 Å². The molecule has 0 fully saturated rings. The van der Waals surface area contributed by atoms with Crippen LogP contribution in [0.15, 0.2) is 36.5 Å². The van der Waals surface area contributed by atoms with Crippen LogP contribution in [0.5, 0.6) is 0 Å². The van der Waals surface area contributed by atoms with E-state index < -0.39 is 0 Å². The van der Waals surface area contributed by atoms with Gasteiger partial charge < -0.3 is 4.74 Å². The van der Waals surface area contributed by atoms with Crippen molar-refractivity contribution in [2.24, 2.45) is 0 Å². The van der Waals surface area contributed by atoms with E-state index in [-0.39, 0.29) is 5.97 Å². The fourth-order valence-electron chi connectivity index (χ4n) is 0.950. The van der Waals surface area contributed by atoms with Crippen molar-refractivity contribution >= 4 is 5.97 Å². The Bertz CT molecular complexity index is 237. The molecule has 0 bridgehead atoms. The number of carbonyl (C=O) groups is 1. The Labute approximate surface area is 92.3 Å². The van der Waals surface area contributed by atoms with Crippen molar-refractivity contribution in [2.45, 2.75) is 33.1 Å². The maximum atomic E-state index is 10.9. The first-order valence-corrected chi connectivity index (χ1v) is 5.47. The average molecular weight is 208 g/mol. The highest BCUT2D eigenvalue weighted by molar-refractivity contribution is 5.82. The summed E-state index contributed by atoms with van der Waals surface area (Å²) in [6.45, 7) is 4.38. The molecular weight excluding hydrogens is 188 g/mol. The summed E-state index contributed by atoms with van der Waals surface area (Å²) in [7, 11) is 0. The molecule has 84 valence electrons.